The van der Waals surface area contributed by atoms with Crippen LogP contribution >= 0.6 is 11.6 Å². The summed E-state index contributed by atoms with van der Waals surface area (Å²) in [6.45, 7) is 1.95. The third-order valence-corrected chi connectivity index (χ3v) is 5.62. The number of rotatable bonds is 9. The van der Waals surface area contributed by atoms with E-state index in [9.17, 15) is 19.1 Å². The average molecular weight is 485 g/mol. The van der Waals surface area contributed by atoms with Gasteiger partial charge in [-0.2, -0.15) is 4.98 Å². The standard InChI is InChI=1S/C23H22ClFN6O3/c24-18-10-16(4-5-19(18)25)29-23-28-13-17(14-9-15(22(33)34)12-26-11-14)21(30-23)27-6-2-8-31-7-1-3-20(31)32/h4-5,9-13H,1-3,6-8H2,(H,33,34)(H2,27,28,29,30). The molecule has 3 aromatic rings. The Morgan fingerprint density at radius 2 is 2.09 bits per heavy atom. The predicted molar refractivity (Wildman–Crippen MR) is 126 cm³/mol. The Bertz CT molecular complexity index is 1230. The zero-order valence-corrected chi connectivity index (χ0v) is 18.8. The molecule has 4 rings (SSSR count). The number of nitrogens with one attached hydrogen (secondary N) is 2. The van der Waals surface area contributed by atoms with Gasteiger partial charge in [-0.05, 0) is 37.1 Å². The lowest BCUT2D eigenvalue weighted by atomic mass is 10.1. The van der Waals surface area contributed by atoms with Gasteiger partial charge in [-0.3, -0.25) is 9.78 Å². The molecule has 1 aromatic carbocycles. The number of aromatic carboxylic acids is 1. The number of carbonyl (C=O) groups is 2. The number of carbonyl (C=O) groups excluding carboxylic acids is 1. The second kappa shape index (κ2) is 10.4. The van der Waals surface area contributed by atoms with E-state index in [1.54, 1.807) is 6.20 Å². The Labute approximate surface area is 200 Å². The number of amides is 1. The molecular weight excluding hydrogens is 463 g/mol. The van der Waals surface area contributed by atoms with Crippen LogP contribution < -0.4 is 10.6 Å². The second-order valence-corrected chi connectivity index (χ2v) is 8.15. The number of hydrogen-bond acceptors (Lipinski definition) is 7. The molecular formula is C23H22ClFN6O3. The molecule has 1 amide bonds. The second-order valence-electron chi connectivity index (χ2n) is 7.74. The van der Waals surface area contributed by atoms with Crippen LogP contribution in [0.5, 0.6) is 0 Å². The molecule has 0 aliphatic carbocycles. The average Bonchev–Trinajstić information content (AvgIpc) is 3.24. The molecule has 1 aliphatic rings. The first-order valence-electron chi connectivity index (χ1n) is 10.7. The van der Waals surface area contributed by atoms with Gasteiger partial charge in [0.25, 0.3) is 0 Å². The summed E-state index contributed by atoms with van der Waals surface area (Å²) in [7, 11) is 0. The van der Waals surface area contributed by atoms with Gasteiger partial charge in [0.2, 0.25) is 11.9 Å². The molecule has 0 saturated carbocycles. The highest BCUT2D eigenvalue weighted by Crippen LogP contribution is 2.28. The predicted octanol–water partition coefficient (Wildman–Crippen LogP) is 4.20. The molecule has 2 aromatic heterocycles. The van der Waals surface area contributed by atoms with Gasteiger partial charge in [0.05, 0.1) is 10.6 Å². The van der Waals surface area contributed by atoms with Crippen LogP contribution in [0.2, 0.25) is 5.02 Å². The van der Waals surface area contributed by atoms with E-state index in [0.29, 0.717) is 48.6 Å². The minimum Gasteiger partial charge on any atom is -0.478 e. The molecule has 9 nitrogen and oxygen atoms in total. The minimum atomic E-state index is -1.09. The van der Waals surface area contributed by atoms with Crippen molar-refractivity contribution >= 4 is 40.9 Å². The molecule has 3 heterocycles. The van der Waals surface area contributed by atoms with Gasteiger partial charge < -0.3 is 20.6 Å². The molecule has 0 bridgehead atoms. The van der Waals surface area contributed by atoms with Crippen LogP contribution in [0.3, 0.4) is 0 Å². The number of halogens is 2. The van der Waals surface area contributed by atoms with E-state index in [2.05, 4.69) is 25.6 Å². The number of hydrogen-bond donors (Lipinski definition) is 3. The van der Waals surface area contributed by atoms with Crippen molar-refractivity contribution in [1.82, 2.24) is 19.9 Å². The smallest absolute Gasteiger partial charge is 0.337 e. The number of aromatic nitrogens is 3. The van der Waals surface area contributed by atoms with Crippen LogP contribution in [0.1, 0.15) is 29.6 Å². The lowest BCUT2D eigenvalue weighted by Gasteiger charge is -2.17. The maximum absolute atomic E-state index is 13.5. The Morgan fingerprint density at radius 1 is 1.24 bits per heavy atom. The summed E-state index contributed by atoms with van der Waals surface area (Å²) in [5.74, 6) is -0.753. The first-order valence-corrected chi connectivity index (χ1v) is 11.1. The van der Waals surface area contributed by atoms with Gasteiger partial charge in [-0.15, -0.1) is 0 Å². The van der Waals surface area contributed by atoms with Crippen LogP contribution in [-0.2, 0) is 4.79 Å². The third kappa shape index (κ3) is 5.57. The van der Waals surface area contributed by atoms with Crippen molar-refractivity contribution in [2.75, 3.05) is 30.3 Å². The Hall–Kier alpha value is -3.79. The van der Waals surface area contributed by atoms with E-state index < -0.39 is 11.8 Å². The number of carboxylic acids is 1. The molecule has 0 radical (unpaired) electrons. The van der Waals surface area contributed by atoms with Crippen molar-refractivity contribution in [3.05, 3.63) is 59.3 Å². The summed E-state index contributed by atoms with van der Waals surface area (Å²) < 4.78 is 13.5. The maximum atomic E-state index is 13.5. The van der Waals surface area contributed by atoms with Gasteiger partial charge in [-0.1, -0.05) is 11.6 Å². The highest BCUT2D eigenvalue weighted by atomic mass is 35.5. The Morgan fingerprint density at radius 3 is 2.82 bits per heavy atom. The summed E-state index contributed by atoms with van der Waals surface area (Å²) in [6.07, 6.45) is 6.54. The molecule has 34 heavy (non-hydrogen) atoms. The maximum Gasteiger partial charge on any atom is 0.337 e. The van der Waals surface area contributed by atoms with Gasteiger partial charge in [-0.25, -0.2) is 14.2 Å². The molecule has 0 unspecified atom stereocenters. The van der Waals surface area contributed by atoms with E-state index in [-0.39, 0.29) is 22.4 Å². The molecule has 1 aliphatic heterocycles. The fourth-order valence-electron chi connectivity index (χ4n) is 3.61. The minimum absolute atomic E-state index is 0.0343. The topological polar surface area (TPSA) is 120 Å². The first-order chi connectivity index (χ1) is 16.4. The lowest BCUT2D eigenvalue weighted by molar-refractivity contribution is -0.127. The Balaban J connectivity index is 1.56. The molecule has 1 fully saturated rings. The van der Waals surface area contributed by atoms with E-state index in [0.717, 1.165) is 13.0 Å². The highest BCUT2D eigenvalue weighted by molar-refractivity contribution is 6.31. The monoisotopic (exact) mass is 484 g/mol. The van der Waals surface area contributed by atoms with E-state index in [1.165, 1.54) is 36.7 Å². The van der Waals surface area contributed by atoms with Crippen molar-refractivity contribution in [2.45, 2.75) is 19.3 Å². The number of pyridine rings is 1. The van der Waals surface area contributed by atoms with Crippen LogP contribution in [0, 0.1) is 5.82 Å². The summed E-state index contributed by atoms with van der Waals surface area (Å²) in [4.78, 5) is 37.9. The van der Waals surface area contributed by atoms with Crippen molar-refractivity contribution in [3.63, 3.8) is 0 Å². The lowest BCUT2D eigenvalue weighted by Crippen LogP contribution is -2.27. The van der Waals surface area contributed by atoms with Crippen molar-refractivity contribution < 1.29 is 19.1 Å². The zero-order valence-electron chi connectivity index (χ0n) is 18.1. The number of carboxylic acid groups (broad SMARTS) is 1. The van der Waals surface area contributed by atoms with Gasteiger partial charge in [0.1, 0.15) is 11.6 Å². The quantitative estimate of drug-likeness (QED) is 0.386. The molecule has 11 heteroatoms. The number of likely N-dealkylation sites (tertiary alicyclic amines) is 1. The van der Waals surface area contributed by atoms with Crippen molar-refractivity contribution in [3.8, 4) is 11.1 Å². The number of benzene rings is 1. The van der Waals surface area contributed by atoms with Crippen LogP contribution in [0.4, 0.5) is 21.8 Å². The third-order valence-electron chi connectivity index (χ3n) is 5.33. The van der Waals surface area contributed by atoms with E-state index in [1.807, 2.05) is 4.90 Å². The van der Waals surface area contributed by atoms with Crippen LogP contribution in [0.15, 0.2) is 42.9 Å². The van der Waals surface area contributed by atoms with Crippen molar-refractivity contribution in [2.24, 2.45) is 0 Å². The van der Waals surface area contributed by atoms with Gasteiger partial charge in [0, 0.05) is 61.5 Å². The summed E-state index contributed by atoms with van der Waals surface area (Å²) in [5.41, 5.74) is 1.65. The van der Waals surface area contributed by atoms with Gasteiger partial charge in [0.15, 0.2) is 0 Å². The summed E-state index contributed by atoms with van der Waals surface area (Å²) >= 11 is 5.85. The molecule has 176 valence electrons. The highest BCUT2D eigenvalue weighted by Gasteiger charge is 2.19. The fourth-order valence-corrected chi connectivity index (χ4v) is 3.79. The van der Waals surface area contributed by atoms with E-state index >= 15 is 0 Å². The molecule has 0 atom stereocenters. The fraction of sp³-hybridized carbons (Fsp3) is 0.261. The summed E-state index contributed by atoms with van der Waals surface area (Å²) in [6, 6.07) is 5.67. The van der Waals surface area contributed by atoms with Crippen LogP contribution in [-0.4, -0.2) is 56.5 Å². The number of anilines is 3. The Kier molecular flexibility index (Phi) is 7.17. The largest absolute Gasteiger partial charge is 0.478 e. The van der Waals surface area contributed by atoms with E-state index in [4.69, 9.17) is 11.6 Å². The van der Waals surface area contributed by atoms with Crippen LogP contribution in [0.25, 0.3) is 11.1 Å². The summed E-state index contributed by atoms with van der Waals surface area (Å²) in [5, 5.41) is 15.5. The first kappa shape index (κ1) is 23.4. The zero-order chi connectivity index (χ0) is 24.1. The molecule has 3 N–H and O–H groups in total. The normalized spacial score (nSPS) is 13.2. The molecule has 0 spiro atoms. The SMILES string of the molecule is O=C(O)c1cncc(-c2cnc(Nc3ccc(F)c(Cl)c3)nc2NCCCN2CCCC2=O)c1. The molecule has 1 saturated heterocycles. The van der Waals surface area contributed by atoms with Gasteiger partial charge >= 0.3 is 5.97 Å². The van der Waals surface area contributed by atoms with Crippen molar-refractivity contribution in [1.29, 1.82) is 0 Å². The number of nitrogens with zero attached hydrogens (tertiary/aromatic N) is 4.